The van der Waals surface area contributed by atoms with E-state index >= 15 is 0 Å². The second-order valence-corrected chi connectivity index (χ2v) is 5.74. The normalized spacial score (nSPS) is 15.8. The van der Waals surface area contributed by atoms with Gasteiger partial charge in [-0.3, -0.25) is 0 Å². The lowest BCUT2D eigenvalue weighted by molar-refractivity contribution is -0.0498. The van der Waals surface area contributed by atoms with Crippen LogP contribution in [0.15, 0.2) is 24.3 Å². The molecule has 0 aliphatic rings. The Morgan fingerprint density at radius 2 is 1.90 bits per heavy atom. The maximum Gasteiger partial charge on any atom is 0.387 e. The second kappa shape index (κ2) is 8.29. The molecule has 0 bridgehead atoms. The summed E-state index contributed by atoms with van der Waals surface area (Å²) in [4.78, 5) is 0. The fourth-order valence-electron chi connectivity index (χ4n) is 2.19. The number of benzene rings is 1. The number of nitrogens with two attached hydrogens (primary N) is 1. The van der Waals surface area contributed by atoms with Gasteiger partial charge in [-0.25, -0.2) is 0 Å². The minimum Gasteiger partial charge on any atom is -0.435 e. The topological polar surface area (TPSA) is 47.3 Å². The third kappa shape index (κ3) is 6.40. The molecule has 0 heterocycles. The Bertz CT molecular complexity index is 411. The molecule has 2 atom stereocenters. The predicted octanol–water partition coefficient (Wildman–Crippen LogP) is 3.33. The molecule has 0 aliphatic carbocycles. The molecule has 3 N–H and O–H groups in total. The fourth-order valence-corrected chi connectivity index (χ4v) is 2.19. The standard InChI is InChI=1S/C16H26F2N2O/c1-4-12(2)20-16(3,11-19)10-9-13-5-7-14(8-6-13)21-15(17)18/h5-8,12,15,20H,4,9-11,19H2,1-3H3. The highest BCUT2D eigenvalue weighted by atomic mass is 19.3. The van der Waals surface area contributed by atoms with Gasteiger partial charge in [0, 0.05) is 18.1 Å². The molecule has 0 amide bonds. The lowest BCUT2D eigenvalue weighted by Gasteiger charge is -2.33. The number of aryl methyl sites for hydroxylation is 1. The molecule has 0 fully saturated rings. The van der Waals surface area contributed by atoms with Crippen molar-refractivity contribution in [2.75, 3.05) is 6.54 Å². The van der Waals surface area contributed by atoms with Crippen molar-refractivity contribution in [3.63, 3.8) is 0 Å². The lowest BCUT2D eigenvalue weighted by atomic mass is 9.92. The molecule has 1 aromatic rings. The molecule has 1 aromatic carbocycles. The first kappa shape index (κ1) is 17.9. The van der Waals surface area contributed by atoms with Crippen LogP contribution in [0, 0.1) is 0 Å². The van der Waals surface area contributed by atoms with E-state index in [1.54, 1.807) is 12.1 Å². The quantitative estimate of drug-likeness (QED) is 0.735. The number of alkyl halides is 2. The van der Waals surface area contributed by atoms with E-state index in [2.05, 4.69) is 30.8 Å². The highest BCUT2D eigenvalue weighted by Crippen LogP contribution is 2.19. The van der Waals surface area contributed by atoms with Crippen molar-refractivity contribution in [3.8, 4) is 5.75 Å². The van der Waals surface area contributed by atoms with E-state index in [1.165, 1.54) is 0 Å². The van der Waals surface area contributed by atoms with E-state index in [4.69, 9.17) is 5.73 Å². The molecule has 21 heavy (non-hydrogen) atoms. The molecule has 0 saturated carbocycles. The van der Waals surface area contributed by atoms with E-state index in [9.17, 15) is 8.78 Å². The summed E-state index contributed by atoms with van der Waals surface area (Å²) >= 11 is 0. The van der Waals surface area contributed by atoms with E-state index in [1.807, 2.05) is 12.1 Å². The molecule has 3 nitrogen and oxygen atoms in total. The zero-order valence-corrected chi connectivity index (χ0v) is 13.0. The Kier molecular flexibility index (Phi) is 7.05. The van der Waals surface area contributed by atoms with Crippen LogP contribution in [0.3, 0.4) is 0 Å². The summed E-state index contributed by atoms with van der Waals surface area (Å²) in [6, 6.07) is 7.20. The summed E-state index contributed by atoms with van der Waals surface area (Å²) in [7, 11) is 0. The summed E-state index contributed by atoms with van der Waals surface area (Å²) in [6.45, 7) is 4.18. The zero-order chi connectivity index (χ0) is 15.9. The summed E-state index contributed by atoms with van der Waals surface area (Å²) < 4.78 is 28.5. The molecular formula is C16H26F2N2O. The van der Waals surface area contributed by atoms with Gasteiger partial charge in [0.2, 0.25) is 0 Å². The van der Waals surface area contributed by atoms with Gasteiger partial charge in [0.15, 0.2) is 0 Å². The zero-order valence-electron chi connectivity index (χ0n) is 13.0. The van der Waals surface area contributed by atoms with Crippen LogP contribution in [0.2, 0.25) is 0 Å². The molecule has 0 aliphatic heterocycles. The van der Waals surface area contributed by atoms with Crippen LogP contribution in [-0.4, -0.2) is 24.7 Å². The maximum absolute atomic E-state index is 12.1. The minimum atomic E-state index is -2.78. The first-order valence-electron chi connectivity index (χ1n) is 7.40. The summed E-state index contributed by atoms with van der Waals surface area (Å²) in [5, 5.41) is 3.55. The summed E-state index contributed by atoms with van der Waals surface area (Å²) in [6.07, 6.45) is 2.78. The Labute approximate surface area is 125 Å². The Morgan fingerprint density at radius 1 is 1.29 bits per heavy atom. The maximum atomic E-state index is 12.1. The molecule has 0 radical (unpaired) electrons. The molecule has 5 heteroatoms. The molecule has 0 spiro atoms. The van der Waals surface area contributed by atoms with Crippen molar-refractivity contribution in [3.05, 3.63) is 29.8 Å². The van der Waals surface area contributed by atoms with Crippen molar-refractivity contribution >= 4 is 0 Å². The van der Waals surface area contributed by atoms with E-state index in [0.717, 1.165) is 24.8 Å². The van der Waals surface area contributed by atoms with Gasteiger partial charge >= 0.3 is 6.61 Å². The van der Waals surface area contributed by atoms with Crippen molar-refractivity contribution in [2.45, 2.75) is 58.2 Å². The van der Waals surface area contributed by atoms with Crippen LogP contribution in [0.4, 0.5) is 8.78 Å². The van der Waals surface area contributed by atoms with Crippen molar-refractivity contribution in [1.29, 1.82) is 0 Å². The predicted molar refractivity (Wildman–Crippen MR) is 81.7 cm³/mol. The molecular weight excluding hydrogens is 274 g/mol. The van der Waals surface area contributed by atoms with Gasteiger partial charge in [-0.05, 0) is 50.8 Å². The number of ether oxygens (including phenoxy) is 1. The first-order chi connectivity index (χ1) is 9.88. The lowest BCUT2D eigenvalue weighted by Crippen LogP contribution is -2.52. The number of nitrogens with one attached hydrogen (secondary N) is 1. The number of rotatable bonds is 9. The van der Waals surface area contributed by atoms with Crippen LogP contribution >= 0.6 is 0 Å². The van der Waals surface area contributed by atoms with Gasteiger partial charge < -0.3 is 15.8 Å². The average molecular weight is 300 g/mol. The van der Waals surface area contributed by atoms with E-state index in [0.29, 0.717) is 12.6 Å². The van der Waals surface area contributed by atoms with Gasteiger partial charge in [-0.15, -0.1) is 0 Å². The number of hydrogen-bond donors (Lipinski definition) is 2. The van der Waals surface area contributed by atoms with Crippen molar-refractivity contribution < 1.29 is 13.5 Å². The van der Waals surface area contributed by atoms with Crippen LogP contribution in [-0.2, 0) is 6.42 Å². The second-order valence-electron chi connectivity index (χ2n) is 5.74. The smallest absolute Gasteiger partial charge is 0.387 e. The van der Waals surface area contributed by atoms with Crippen molar-refractivity contribution in [2.24, 2.45) is 5.73 Å². The van der Waals surface area contributed by atoms with Crippen LogP contribution in [0.5, 0.6) is 5.75 Å². The van der Waals surface area contributed by atoms with Gasteiger partial charge in [-0.2, -0.15) is 8.78 Å². The fraction of sp³-hybridized carbons (Fsp3) is 0.625. The first-order valence-corrected chi connectivity index (χ1v) is 7.40. The van der Waals surface area contributed by atoms with Gasteiger partial charge in [-0.1, -0.05) is 19.1 Å². The molecule has 0 aromatic heterocycles. The molecule has 1 rings (SSSR count). The highest BCUT2D eigenvalue weighted by molar-refractivity contribution is 5.27. The SMILES string of the molecule is CCC(C)NC(C)(CN)CCc1ccc(OC(F)F)cc1. The Hall–Kier alpha value is -1.20. The summed E-state index contributed by atoms with van der Waals surface area (Å²) in [5.74, 6) is 0.188. The minimum absolute atomic E-state index is 0.117. The van der Waals surface area contributed by atoms with Crippen LogP contribution < -0.4 is 15.8 Å². The Morgan fingerprint density at radius 3 is 2.38 bits per heavy atom. The molecule has 0 saturated heterocycles. The van der Waals surface area contributed by atoms with E-state index in [-0.39, 0.29) is 11.3 Å². The van der Waals surface area contributed by atoms with Crippen LogP contribution in [0.25, 0.3) is 0 Å². The van der Waals surface area contributed by atoms with Gasteiger partial charge in [0.25, 0.3) is 0 Å². The largest absolute Gasteiger partial charge is 0.435 e. The third-order valence-corrected chi connectivity index (χ3v) is 3.77. The molecule has 2 unspecified atom stereocenters. The molecule has 120 valence electrons. The van der Waals surface area contributed by atoms with Gasteiger partial charge in [0.05, 0.1) is 0 Å². The monoisotopic (exact) mass is 300 g/mol. The Balaban J connectivity index is 2.56. The van der Waals surface area contributed by atoms with Crippen LogP contribution in [0.1, 0.15) is 39.2 Å². The summed E-state index contributed by atoms with van der Waals surface area (Å²) in [5.41, 5.74) is 6.86. The van der Waals surface area contributed by atoms with Gasteiger partial charge in [0.1, 0.15) is 5.75 Å². The third-order valence-electron chi connectivity index (χ3n) is 3.77. The van der Waals surface area contributed by atoms with Crippen molar-refractivity contribution in [1.82, 2.24) is 5.32 Å². The average Bonchev–Trinajstić information content (AvgIpc) is 2.46. The number of hydrogen-bond acceptors (Lipinski definition) is 3. The highest BCUT2D eigenvalue weighted by Gasteiger charge is 2.23. The number of halogens is 2. The van der Waals surface area contributed by atoms with E-state index < -0.39 is 6.61 Å².